The van der Waals surface area contributed by atoms with Gasteiger partial charge in [0.25, 0.3) is 0 Å². The Labute approximate surface area is 118 Å². The van der Waals surface area contributed by atoms with Crippen molar-refractivity contribution >= 4 is 29.5 Å². The first kappa shape index (κ1) is 15.3. The first-order valence-electron chi connectivity index (χ1n) is 4.94. The van der Waals surface area contributed by atoms with Crippen LogP contribution in [0.15, 0.2) is 43.0 Å². The Morgan fingerprint density at radius 2 is 1.74 bits per heavy atom. The maximum atomic E-state index is 11.2. The van der Waals surface area contributed by atoms with Crippen LogP contribution in [0.25, 0.3) is 11.1 Å². The number of primary amides is 1. The summed E-state index contributed by atoms with van der Waals surface area (Å²) in [5.74, 6) is -0.450. The Hall–Kier alpha value is -1.76. The predicted molar refractivity (Wildman–Crippen MR) is 70.6 cm³/mol. The third-order valence-corrected chi connectivity index (χ3v) is 2.06. The van der Waals surface area contributed by atoms with Crippen molar-refractivity contribution in [2.45, 2.75) is 0 Å². The minimum atomic E-state index is -0.556. The van der Waals surface area contributed by atoms with Crippen LogP contribution >= 0.6 is 23.6 Å². The summed E-state index contributed by atoms with van der Waals surface area (Å²) in [6.07, 6.45) is 4.74. The summed E-state index contributed by atoms with van der Waals surface area (Å²) >= 11 is 8.41. The van der Waals surface area contributed by atoms with Gasteiger partial charge in [0, 0.05) is 51.2 Å². The zero-order valence-corrected chi connectivity index (χ0v) is 11.0. The van der Waals surface area contributed by atoms with Crippen molar-refractivity contribution in [3.8, 4) is 11.1 Å². The Kier molecular flexibility index (Phi) is 6.14. The molecule has 0 radical (unpaired) electrons. The Morgan fingerprint density at radius 1 is 1.21 bits per heavy atom. The molecule has 2 rings (SSSR count). The van der Waals surface area contributed by atoms with Gasteiger partial charge in [-0.3, -0.25) is 4.79 Å². The predicted octanol–water partition coefficient (Wildman–Crippen LogP) is 2.72. The Morgan fingerprint density at radius 3 is 2.26 bits per heavy atom. The molecular formula is C11H9Cl2FN4O. The molecular weight excluding hydrogens is 294 g/mol. The van der Waals surface area contributed by atoms with Gasteiger partial charge in [0.05, 0.1) is 0 Å². The van der Waals surface area contributed by atoms with E-state index in [1.807, 2.05) is 12.1 Å². The van der Waals surface area contributed by atoms with Gasteiger partial charge in [0.15, 0.2) is 0 Å². The van der Waals surface area contributed by atoms with Crippen LogP contribution in [0.4, 0.5) is 4.48 Å². The molecule has 1 aromatic heterocycles. The molecule has 100 valence electrons. The van der Waals surface area contributed by atoms with Crippen LogP contribution < -0.4 is 5.73 Å². The average molecular weight is 303 g/mol. The van der Waals surface area contributed by atoms with E-state index >= 15 is 0 Å². The van der Waals surface area contributed by atoms with Crippen molar-refractivity contribution in [3.05, 3.63) is 48.5 Å². The molecule has 19 heavy (non-hydrogen) atoms. The molecule has 0 saturated heterocycles. The molecule has 1 aromatic carbocycles. The molecule has 0 spiro atoms. The van der Waals surface area contributed by atoms with Crippen LogP contribution in [-0.4, -0.2) is 20.0 Å². The molecule has 2 N–H and O–H groups in total. The van der Waals surface area contributed by atoms with Crippen LogP contribution in [0.5, 0.6) is 0 Å². The maximum Gasteiger partial charge on any atom is 0.249 e. The van der Waals surface area contributed by atoms with E-state index in [0.29, 0.717) is 5.56 Å². The van der Waals surface area contributed by atoms with Crippen molar-refractivity contribution in [1.82, 2.24) is 14.1 Å². The largest absolute Gasteiger partial charge is 0.366 e. The van der Waals surface area contributed by atoms with E-state index in [4.69, 9.17) is 5.73 Å². The molecule has 0 aliphatic heterocycles. The highest BCUT2D eigenvalue weighted by molar-refractivity contribution is 6.32. The van der Waals surface area contributed by atoms with E-state index in [2.05, 4.69) is 33.5 Å². The zero-order chi connectivity index (χ0) is 14.3. The first-order chi connectivity index (χ1) is 9.02. The topological polar surface area (TPSA) is 72.1 Å². The summed E-state index contributed by atoms with van der Waals surface area (Å²) in [4.78, 5) is 19.0. The van der Waals surface area contributed by atoms with Gasteiger partial charge in [-0.15, -0.1) is 0 Å². The van der Waals surface area contributed by atoms with Crippen molar-refractivity contribution in [2.75, 3.05) is 0 Å². The fourth-order valence-corrected chi connectivity index (χ4v) is 1.39. The quantitative estimate of drug-likeness (QED) is 0.866. The monoisotopic (exact) mass is 302 g/mol. The van der Waals surface area contributed by atoms with E-state index in [1.165, 1.54) is 6.33 Å². The third-order valence-electron chi connectivity index (χ3n) is 2.06. The van der Waals surface area contributed by atoms with Gasteiger partial charge in [-0.1, -0.05) is 22.7 Å². The number of rotatable bonds is 2. The molecule has 0 aliphatic rings. The highest BCUT2D eigenvalue weighted by atomic mass is 35.5. The highest BCUT2D eigenvalue weighted by Gasteiger charge is 2.08. The lowest BCUT2D eigenvalue weighted by Crippen LogP contribution is -2.12. The molecule has 0 atom stereocenters. The van der Waals surface area contributed by atoms with E-state index < -0.39 is 10.1 Å². The SMILES string of the molecule is FN(Cl)Cl.NC(=O)c1ccccc1-c1cncnc1. The molecule has 0 fully saturated rings. The summed E-state index contributed by atoms with van der Waals surface area (Å²) < 4.78 is 9.81. The summed E-state index contributed by atoms with van der Waals surface area (Å²) in [6.45, 7) is 0. The molecule has 0 aliphatic carbocycles. The number of amides is 1. The number of hydrogen-bond donors (Lipinski definition) is 1. The third kappa shape index (κ3) is 5.17. The first-order valence-corrected chi connectivity index (χ1v) is 5.61. The van der Waals surface area contributed by atoms with Gasteiger partial charge in [0.2, 0.25) is 5.91 Å². The molecule has 1 heterocycles. The van der Waals surface area contributed by atoms with Crippen molar-refractivity contribution in [2.24, 2.45) is 5.73 Å². The van der Waals surface area contributed by atoms with Crippen LogP contribution in [-0.2, 0) is 0 Å². The van der Waals surface area contributed by atoms with E-state index in [0.717, 1.165) is 11.1 Å². The Bertz CT molecular complexity index is 536. The van der Waals surface area contributed by atoms with Crippen LogP contribution in [0, 0.1) is 0 Å². The van der Waals surface area contributed by atoms with Gasteiger partial charge in [-0.25, -0.2) is 9.97 Å². The number of carbonyl (C=O) groups is 1. The fourth-order valence-electron chi connectivity index (χ4n) is 1.39. The summed E-state index contributed by atoms with van der Waals surface area (Å²) in [7, 11) is 0. The van der Waals surface area contributed by atoms with E-state index in [1.54, 1.807) is 24.5 Å². The fraction of sp³-hybridized carbons (Fsp3) is 0. The van der Waals surface area contributed by atoms with Crippen molar-refractivity contribution in [1.29, 1.82) is 0 Å². The summed E-state index contributed by atoms with van der Waals surface area (Å²) in [6, 6.07) is 7.12. The number of aromatic nitrogens is 2. The number of hydrogen-bond acceptors (Lipinski definition) is 4. The molecule has 1 amide bonds. The lowest BCUT2D eigenvalue weighted by atomic mass is 10.0. The summed E-state index contributed by atoms with van der Waals surface area (Å²) in [5.41, 5.74) is 7.29. The van der Waals surface area contributed by atoms with Gasteiger partial charge in [-0.2, -0.15) is 0 Å². The van der Waals surface area contributed by atoms with Crippen LogP contribution in [0.3, 0.4) is 0 Å². The smallest absolute Gasteiger partial charge is 0.249 e. The lowest BCUT2D eigenvalue weighted by molar-refractivity contribution is 0.100. The molecule has 5 nitrogen and oxygen atoms in total. The maximum absolute atomic E-state index is 11.2. The number of nitrogens with zero attached hydrogens (tertiary/aromatic N) is 3. The number of benzene rings is 1. The van der Waals surface area contributed by atoms with Gasteiger partial charge in [0.1, 0.15) is 6.33 Å². The minimum Gasteiger partial charge on any atom is -0.366 e. The van der Waals surface area contributed by atoms with Crippen LogP contribution in [0.1, 0.15) is 10.4 Å². The number of carbonyl (C=O) groups excluding carboxylic acids is 1. The standard InChI is InChI=1S/C11H9N3O.Cl2FN/c12-11(15)10-4-2-1-3-9(10)8-5-13-7-14-6-8;1-4(2)3/h1-7H,(H2,12,15);. The van der Waals surface area contributed by atoms with E-state index in [-0.39, 0.29) is 0 Å². The second-order valence-corrected chi connectivity index (χ2v) is 4.00. The van der Waals surface area contributed by atoms with Gasteiger partial charge in [-0.05, 0) is 11.6 Å². The van der Waals surface area contributed by atoms with Crippen molar-refractivity contribution in [3.63, 3.8) is 0 Å². The molecule has 0 saturated carbocycles. The highest BCUT2D eigenvalue weighted by Crippen LogP contribution is 2.21. The second kappa shape index (κ2) is 7.63. The normalized spacial score (nSPS) is 9.68. The number of nitrogens with two attached hydrogens (primary N) is 1. The van der Waals surface area contributed by atoms with Crippen LogP contribution in [0.2, 0.25) is 0 Å². The number of halogens is 3. The van der Waals surface area contributed by atoms with Gasteiger partial charge >= 0.3 is 0 Å². The molecule has 2 aromatic rings. The van der Waals surface area contributed by atoms with Gasteiger partial charge < -0.3 is 5.73 Å². The molecule has 0 bridgehead atoms. The second-order valence-electron chi connectivity index (χ2n) is 3.23. The molecule has 8 heteroatoms. The van der Waals surface area contributed by atoms with E-state index in [9.17, 15) is 9.28 Å². The zero-order valence-electron chi connectivity index (χ0n) is 9.50. The molecule has 0 unspecified atom stereocenters. The average Bonchev–Trinajstić information content (AvgIpc) is 2.39. The Balaban J connectivity index is 0.000000399. The summed E-state index contributed by atoms with van der Waals surface area (Å²) in [5, 5.41) is 0. The van der Waals surface area contributed by atoms with Crippen molar-refractivity contribution < 1.29 is 9.28 Å². The lowest BCUT2D eigenvalue weighted by Gasteiger charge is -2.04. The minimum absolute atomic E-state index is 0.450.